The number of rotatable bonds is 1. The molecule has 2 aromatic heterocycles. The fourth-order valence-electron chi connectivity index (χ4n) is 2.52. The molecule has 96 valence electrons. The van der Waals surface area contributed by atoms with Gasteiger partial charge in [-0.2, -0.15) is 0 Å². The van der Waals surface area contributed by atoms with Crippen LogP contribution in [0, 0.1) is 0 Å². The Morgan fingerprint density at radius 3 is 2.85 bits per heavy atom. The molecule has 4 heteroatoms. The molecule has 0 radical (unpaired) electrons. The molecule has 0 fully saturated rings. The lowest BCUT2D eigenvalue weighted by Crippen LogP contribution is -2.09. The van der Waals surface area contributed by atoms with Crippen molar-refractivity contribution in [2.75, 3.05) is 0 Å². The topological polar surface area (TPSA) is 50.7 Å². The van der Waals surface area contributed by atoms with Crippen LogP contribution in [0.1, 0.15) is 10.5 Å². The molecular weight excluding hydrogens is 250 g/mol. The zero-order chi connectivity index (χ0) is 13.5. The monoisotopic (exact) mass is 261 g/mol. The number of nitrogens with one attached hydrogen (secondary N) is 1. The van der Waals surface area contributed by atoms with E-state index in [1.165, 1.54) is 16.3 Å². The van der Waals surface area contributed by atoms with Gasteiger partial charge in [0, 0.05) is 23.3 Å². The second-order valence-corrected chi connectivity index (χ2v) is 4.71. The second-order valence-electron chi connectivity index (χ2n) is 4.71. The predicted molar refractivity (Wildman–Crippen MR) is 77.8 cm³/mol. The van der Waals surface area contributed by atoms with Crippen molar-refractivity contribution < 1.29 is 4.79 Å². The molecule has 1 N–H and O–H groups in total. The number of aromatic amines is 1. The number of imidazole rings is 1. The molecule has 0 atom stereocenters. The number of hydrogen-bond donors (Lipinski definition) is 1. The van der Waals surface area contributed by atoms with Crippen molar-refractivity contribution in [3.8, 4) is 0 Å². The minimum absolute atomic E-state index is 0.109. The third-order valence-electron chi connectivity index (χ3n) is 3.50. The van der Waals surface area contributed by atoms with E-state index >= 15 is 0 Å². The van der Waals surface area contributed by atoms with Crippen LogP contribution in [0.25, 0.3) is 21.7 Å². The van der Waals surface area contributed by atoms with Gasteiger partial charge in [0.25, 0.3) is 5.91 Å². The summed E-state index contributed by atoms with van der Waals surface area (Å²) in [7, 11) is 0. The van der Waals surface area contributed by atoms with E-state index in [1.807, 2.05) is 24.3 Å². The van der Waals surface area contributed by atoms with E-state index in [-0.39, 0.29) is 5.91 Å². The minimum Gasteiger partial charge on any atom is -0.350 e. The van der Waals surface area contributed by atoms with Gasteiger partial charge in [0.2, 0.25) is 0 Å². The maximum absolute atomic E-state index is 12.3. The number of carbonyl (C=O) groups is 1. The molecule has 2 heterocycles. The van der Waals surface area contributed by atoms with Gasteiger partial charge in [0.1, 0.15) is 12.0 Å². The first-order chi connectivity index (χ1) is 9.83. The first-order valence-electron chi connectivity index (χ1n) is 6.36. The Morgan fingerprint density at radius 2 is 2.00 bits per heavy atom. The average molecular weight is 261 g/mol. The molecule has 20 heavy (non-hydrogen) atoms. The molecule has 0 unspecified atom stereocenters. The van der Waals surface area contributed by atoms with E-state index in [4.69, 9.17) is 0 Å². The Morgan fingerprint density at radius 1 is 1.10 bits per heavy atom. The molecule has 0 aliphatic heterocycles. The van der Waals surface area contributed by atoms with Crippen molar-refractivity contribution in [3.05, 3.63) is 66.9 Å². The van der Waals surface area contributed by atoms with Crippen LogP contribution in [0.5, 0.6) is 0 Å². The summed E-state index contributed by atoms with van der Waals surface area (Å²) in [4.78, 5) is 19.4. The number of H-pyrrole nitrogens is 1. The highest BCUT2D eigenvalue weighted by molar-refractivity contribution is 6.10. The number of nitrogens with zero attached hydrogens (tertiary/aromatic N) is 2. The average Bonchev–Trinajstić information content (AvgIpc) is 3.15. The number of benzene rings is 2. The zero-order valence-corrected chi connectivity index (χ0v) is 10.6. The Bertz CT molecular complexity index is 919. The lowest BCUT2D eigenvalue weighted by atomic mass is 10.1. The second kappa shape index (κ2) is 4.06. The van der Waals surface area contributed by atoms with Crippen LogP contribution < -0.4 is 0 Å². The standard InChI is InChI=1S/C16H11N3O/c20-16(19-8-7-17-10-19)15-9-13-12-4-2-1-3-11(12)5-6-14(13)18-15/h1-10,18H. The van der Waals surface area contributed by atoms with Crippen molar-refractivity contribution in [1.82, 2.24) is 14.5 Å². The summed E-state index contributed by atoms with van der Waals surface area (Å²) in [6.45, 7) is 0. The van der Waals surface area contributed by atoms with E-state index in [1.54, 1.807) is 12.4 Å². The molecule has 4 nitrogen and oxygen atoms in total. The predicted octanol–water partition coefficient (Wildman–Crippen LogP) is 3.21. The van der Waals surface area contributed by atoms with E-state index < -0.39 is 0 Å². The third kappa shape index (κ3) is 1.55. The number of hydrogen-bond acceptors (Lipinski definition) is 2. The molecule has 0 amide bonds. The van der Waals surface area contributed by atoms with E-state index in [9.17, 15) is 4.79 Å². The molecular formula is C16H11N3O. The highest BCUT2D eigenvalue weighted by Gasteiger charge is 2.12. The van der Waals surface area contributed by atoms with Crippen molar-refractivity contribution in [2.45, 2.75) is 0 Å². The summed E-state index contributed by atoms with van der Waals surface area (Å²) in [5.74, 6) is -0.109. The Balaban J connectivity index is 1.95. The van der Waals surface area contributed by atoms with Gasteiger partial charge < -0.3 is 4.98 Å². The van der Waals surface area contributed by atoms with Gasteiger partial charge in [0.15, 0.2) is 0 Å². The van der Waals surface area contributed by atoms with E-state index in [0.29, 0.717) is 5.69 Å². The molecule has 0 saturated carbocycles. The fourth-order valence-corrected chi connectivity index (χ4v) is 2.52. The molecule has 0 spiro atoms. The first kappa shape index (κ1) is 11.0. The van der Waals surface area contributed by atoms with Gasteiger partial charge >= 0.3 is 0 Å². The molecule has 4 rings (SSSR count). The number of carbonyl (C=O) groups excluding carboxylic acids is 1. The Hall–Kier alpha value is -2.88. The third-order valence-corrected chi connectivity index (χ3v) is 3.50. The fraction of sp³-hybridized carbons (Fsp3) is 0. The lowest BCUT2D eigenvalue weighted by Gasteiger charge is -1.97. The van der Waals surface area contributed by atoms with Gasteiger partial charge in [-0.25, -0.2) is 4.98 Å². The maximum atomic E-state index is 12.3. The zero-order valence-electron chi connectivity index (χ0n) is 10.6. The highest BCUT2D eigenvalue weighted by Crippen LogP contribution is 2.26. The van der Waals surface area contributed by atoms with Crippen LogP contribution in [0.15, 0.2) is 61.2 Å². The maximum Gasteiger partial charge on any atom is 0.279 e. The summed E-state index contributed by atoms with van der Waals surface area (Å²) in [6, 6.07) is 14.1. The smallest absolute Gasteiger partial charge is 0.279 e. The van der Waals surface area contributed by atoms with Crippen LogP contribution >= 0.6 is 0 Å². The summed E-state index contributed by atoms with van der Waals surface area (Å²) in [6.07, 6.45) is 4.74. The number of aromatic nitrogens is 3. The van der Waals surface area contributed by atoms with Gasteiger partial charge in [-0.15, -0.1) is 0 Å². The minimum atomic E-state index is -0.109. The van der Waals surface area contributed by atoms with Crippen LogP contribution in [0.3, 0.4) is 0 Å². The van der Waals surface area contributed by atoms with E-state index in [2.05, 4.69) is 28.2 Å². The van der Waals surface area contributed by atoms with Crippen molar-refractivity contribution in [1.29, 1.82) is 0 Å². The normalized spacial score (nSPS) is 11.2. The largest absolute Gasteiger partial charge is 0.350 e. The highest BCUT2D eigenvalue weighted by atomic mass is 16.2. The van der Waals surface area contributed by atoms with E-state index in [0.717, 1.165) is 16.3 Å². The van der Waals surface area contributed by atoms with Gasteiger partial charge in [-0.1, -0.05) is 30.3 Å². The van der Waals surface area contributed by atoms with Crippen LogP contribution in [-0.4, -0.2) is 20.4 Å². The Kier molecular flexibility index (Phi) is 2.23. The summed E-state index contributed by atoms with van der Waals surface area (Å²) >= 11 is 0. The van der Waals surface area contributed by atoms with Crippen LogP contribution in [0.4, 0.5) is 0 Å². The lowest BCUT2D eigenvalue weighted by molar-refractivity contribution is 0.0955. The SMILES string of the molecule is O=C(c1cc2c(ccc3ccccc32)[nH]1)n1ccnc1. The summed E-state index contributed by atoms with van der Waals surface area (Å²) < 4.78 is 1.47. The van der Waals surface area contributed by atoms with Crippen molar-refractivity contribution >= 4 is 27.6 Å². The number of fused-ring (bicyclic) bond motifs is 3. The van der Waals surface area contributed by atoms with Gasteiger partial charge in [0.05, 0.1) is 0 Å². The van der Waals surface area contributed by atoms with Crippen molar-refractivity contribution in [2.24, 2.45) is 0 Å². The summed E-state index contributed by atoms with van der Waals surface area (Å²) in [5.41, 5.74) is 1.53. The van der Waals surface area contributed by atoms with Crippen molar-refractivity contribution in [3.63, 3.8) is 0 Å². The summed E-state index contributed by atoms with van der Waals surface area (Å²) in [5, 5.41) is 3.37. The molecule has 4 aromatic rings. The van der Waals surface area contributed by atoms with Crippen LogP contribution in [-0.2, 0) is 0 Å². The van der Waals surface area contributed by atoms with Crippen LogP contribution in [0.2, 0.25) is 0 Å². The molecule has 0 aliphatic rings. The quantitative estimate of drug-likeness (QED) is 0.572. The first-order valence-corrected chi connectivity index (χ1v) is 6.36. The Labute approximate surface area is 114 Å². The molecule has 2 aromatic carbocycles. The molecule has 0 bridgehead atoms. The van der Waals surface area contributed by atoms with Gasteiger partial charge in [-0.05, 0) is 22.9 Å². The molecule has 0 saturated heterocycles. The molecule has 0 aliphatic carbocycles. The van der Waals surface area contributed by atoms with Gasteiger partial charge in [-0.3, -0.25) is 9.36 Å².